The first kappa shape index (κ1) is 23.0. The summed E-state index contributed by atoms with van der Waals surface area (Å²) in [5.74, 6) is 1.95. The summed E-state index contributed by atoms with van der Waals surface area (Å²) in [7, 11) is -1.70. The molecule has 27 heavy (non-hydrogen) atoms. The van der Waals surface area contributed by atoms with Gasteiger partial charge in [-0.1, -0.05) is 12.1 Å². The third-order valence-corrected chi connectivity index (χ3v) is 4.32. The van der Waals surface area contributed by atoms with Crippen LogP contribution in [-0.4, -0.2) is 59.0 Å². The van der Waals surface area contributed by atoms with E-state index in [0.717, 1.165) is 6.26 Å². The number of aliphatic imine (C=N–C) groups is 1. The zero-order chi connectivity index (χ0) is 20.5. The van der Waals surface area contributed by atoms with Gasteiger partial charge in [0.2, 0.25) is 10.0 Å². The summed E-state index contributed by atoms with van der Waals surface area (Å²) in [6, 6.07) is 7.48. The number of nitrogens with zero attached hydrogens (tertiary/aromatic N) is 1. The van der Waals surface area contributed by atoms with Gasteiger partial charge in [0.15, 0.2) is 17.5 Å². The Bertz CT molecular complexity index is 720. The van der Waals surface area contributed by atoms with Crippen molar-refractivity contribution in [1.82, 2.24) is 15.4 Å². The zero-order valence-electron chi connectivity index (χ0n) is 17.0. The van der Waals surface area contributed by atoms with Gasteiger partial charge < -0.3 is 20.1 Å². The van der Waals surface area contributed by atoms with Crippen molar-refractivity contribution in [3.63, 3.8) is 0 Å². The van der Waals surface area contributed by atoms with Crippen LogP contribution in [0.5, 0.6) is 11.5 Å². The maximum atomic E-state index is 11.4. The number of para-hydroxylation sites is 2. The summed E-state index contributed by atoms with van der Waals surface area (Å²) >= 11 is 0. The number of hydrogen-bond donors (Lipinski definition) is 3. The minimum absolute atomic E-state index is 0.132. The third kappa shape index (κ3) is 9.48. The second kappa shape index (κ2) is 10.4. The van der Waals surface area contributed by atoms with E-state index in [4.69, 9.17) is 9.47 Å². The predicted octanol–water partition coefficient (Wildman–Crippen LogP) is 1.35. The molecule has 0 aromatic heterocycles. The minimum Gasteiger partial charge on any atom is -0.493 e. The van der Waals surface area contributed by atoms with Crippen LogP contribution in [0.15, 0.2) is 29.3 Å². The van der Waals surface area contributed by atoms with Gasteiger partial charge in [-0.05, 0) is 39.8 Å². The summed E-state index contributed by atoms with van der Waals surface area (Å²) < 4.78 is 36.7. The molecule has 1 aromatic rings. The van der Waals surface area contributed by atoms with Gasteiger partial charge in [-0.2, -0.15) is 0 Å². The monoisotopic (exact) mass is 400 g/mol. The average Bonchev–Trinajstić information content (AvgIpc) is 2.55. The van der Waals surface area contributed by atoms with E-state index in [1.54, 1.807) is 21.0 Å². The Labute approximate surface area is 162 Å². The lowest BCUT2D eigenvalue weighted by Gasteiger charge is -2.24. The molecule has 0 aliphatic rings. The highest BCUT2D eigenvalue weighted by atomic mass is 32.2. The van der Waals surface area contributed by atoms with E-state index in [-0.39, 0.29) is 12.6 Å². The SMILES string of the molecule is CCNC(=NCC(C)(C)NS(C)(=O)=O)NCC(C)Oc1ccccc1OC. The van der Waals surface area contributed by atoms with E-state index in [9.17, 15) is 8.42 Å². The number of sulfonamides is 1. The van der Waals surface area contributed by atoms with Crippen molar-refractivity contribution in [3.05, 3.63) is 24.3 Å². The summed E-state index contributed by atoms with van der Waals surface area (Å²) in [6.45, 7) is 8.97. The second-order valence-corrected chi connectivity index (χ2v) is 8.66. The molecule has 8 nitrogen and oxygen atoms in total. The standard InChI is InChI=1S/C18H32N4O4S/c1-7-19-17(21-13-18(3,4)22-27(6,23)24)20-12-14(2)26-16-11-9-8-10-15(16)25-5/h8-11,14,22H,7,12-13H2,1-6H3,(H2,19,20,21). The lowest BCUT2D eigenvalue weighted by Crippen LogP contribution is -2.47. The summed E-state index contributed by atoms with van der Waals surface area (Å²) in [6.07, 6.45) is 1.01. The van der Waals surface area contributed by atoms with E-state index >= 15 is 0 Å². The molecule has 0 heterocycles. The molecule has 1 rings (SSSR count). The highest BCUT2D eigenvalue weighted by Gasteiger charge is 2.22. The minimum atomic E-state index is -3.30. The van der Waals surface area contributed by atoms with E-state index in [1.807, 2.05) is 38.1 Å². The summed E-state index contributed by atoms with van der Waals surface area (Å²) in [5, 5.41) is 6.35. The van der Waals surface area contributed by atoms with Crippen molar-refractivity contribution in [1.29, 1.82) is 0 Å². The van der Waals surface area contributed by atoms with E-state index in [0.29, 0.717) is 30.5 Å². The number of methoxy groups -OCH3 is 1. The van der Waals surface area contributed by atoms with Gasteiger partial charge in [-0.3, -0.25) is 4.99 Å². The fourth-order valence-corrected chi connectivity index (χ4v) is 3.44. The lowest BCUT2D eigenvalue weighted by atomic mass is 10.1. The first-order chi connectivity index (χ1) is 12.6. The Morgan fingerprint density at radius 2 is 1.85 bits per heavy atom. The number of guanidine groups is 1. The lowest BCUT2D eigenvalue weighted by molar-refractivity contribution is 0.213. The molecule has 1 atom stereocenters. The Balaban J connectivity index is 2.65. The Morgan fingerprint density at radius 1 is 1.22 bits per heavy atom. The molecule has 0 saturated heterocycles. The maximum Gasteiger partial charge on any atom is 0.209 e. The number of rotatable bonds is 10. The van der Waals surface area contributed by atoms with Crippen LogP contribution in [0.25, 0.3) is 0 Å². The molecule has 1 unspecified atom stereocenters. The van der Waals surface area contributed by atoms with Gasteiger partial charge >= 0.3 is 0 Å². The fraction of sp³-hybridized carbons (Fsp3) is 0.611. The van der Waals surface area contributed by atoms with Gasteiger partial charge in [0.25, 0.3) is 0 Å². The number of benzene rings is 1. The Hall–Kier alpha value is -2.00. The molecule has 0 amide bonds. The molecule has 0 spiro atoms. The van der Waals surface area contributed by atoms with Crippen LogP contribution < -0.4 is 24.8 Å². The Morgan fingerprint density at radius 3 is 2.41 bits per heavy atom. The van der Waals surface area contributed by atoms with Gasteiger partial charge in [0, 0.05) is 12.1 Å². The maximum absolute atomic E-state index is 11.4. The zero-order valence-corrected chi connectivity index (χ0v) is 17.8. The molecule has 154 valence electrons. The number of ether oxygens (including phenoxy) is 2. The summed E-state index contributed by atoms with van der Waals surface area (Å²) in [4.78, 5) is 4.47. The first-order valence-electron chi connectivity index (χ1n) is 8.87. The van der Waals surface area contributed by atoms with Crippen molar-refractivity contribution >= 4 is 16.0 Å². The van der Waals surface area contributed by atoms with Crippen molar-refractivity contribution in [3.8, 4) is 11.5 Å². The van der Waals surface area contributed by atoms with Crippen molar-refractivity contribution in [2.45, 2.75) is 39.3 Å². The predicted molar refractivity (Wildman–Crippen MR) is 109 cm³/mol. The van der Waals surface area contributed by atoms with Gasteiger partial charge in [0.1, 0.15) is 6.10 Å². The van der Waals surface area contributed by atoms with Gasteiger partial charge in [-0.25, -0.2) is 13.1 Å². The van der Waals surface area contributed by atoms with Crippen molar-refractivity contribution in [2.75, 3.05) is 33.0 Å². The average molecular weight is 401 g/mol. The largest absolute Gasteiger partial charge is 0.493 e. The molecule has 1 aromatic carbocycles. The topological polar surface area (TPSA) is 101 Å². The van der Waals surface area contributed by atoms with Crippen LogP contribution in [-0.2, 0) is 10.0 Å². The van der Waals surface area contributed by atoms with Crippen molar-refractivity contribution in [2.24, 2.45) is 4.99 Å². The molecule has 0 bridgehead atoms. The molecule has 0 radical (unpaired) electrons. The molecule has 0 saturated carbocycles. The molecule has 0 fully saturated rings. The molecule has 3 N–H and O–H groups in total. The number of nitrogens with one attached hydrogen (secondary N) is 3. The molecular weight excluding hydrogens is 368 g/mol. The van der Waals surface area contributed by atoms with E-state index in [1.165, 1.54) is 0 Å². The van der Waals surface area contributed by atoms with Gasteiger partial charge in [-0.15, -0.1) is 0 Å². The normalized spacial score (nSPS) is 13.8. The quantitative estimate of drug-likeness (QED) is 0.405. The highest BCUT2D eigenvalue weighted by Crippen LogP contribution is 2.26. The van der Waals surface area contributed by atoms with Crippen LogP contribution in [0.3, 0.4) is 0 Å². The van der Waals surface area contributed by atoms with Crippen LogP contribution in [0.1, 0.15) is 27.7 Å². The third-order valence-electron chi connectivity index (χ3n) is 3.39. The Kier molecular flexibility index (Phi) is 8.84. The molecular formula is C18H32N4O4S. The fourth-order valence-electron chi connectivity index (χ4n) is 2.37. The van der Waals surface area contributed by atoms with Crippen LogP contribution in [0.2, 0.25) is 0 Å². The van der Waals surface area contributed by atoms with Crippen LogP contribution >= 0.6 is 0 Å². The summed E-state index contributed by atoms with van der Waals surface area (Å²) in [5.41, 5.74) is -0.685. The van der Waals surface area contributed by atoms with Gasteiger partial charge in [0.05, 0.1) is 26.5 Å². The molecule has 9 heteroatoms. The van der Waals surface area contributed by atoms with E-state index in [2.05, 4.69) is 20.3 Å². The number of hydrogen-bond acceptors (Lipinski definition) is 5. The molecule has 0 aliphatic carbocycles. The first-order valence-corrected chi connectivity index (χ1v) is 10.8. The highest BCUT2D eigenvalue weighted by molar-refractivity contribution is 7.88. The van der Waals surface area contributed by atoms with Crippen LogP contribution in [0, 0.1) is 0 Å². The smallest absolute Gasteiger partial charge is 0.209 e. The second-order valence-electron chi connectivity index (χ2n) is 6.91. The van der Waals surface area contributed by atoms with Crippen molar-refractivity contribution < 1.29 is 17.9 Å². The van der Waals surface area contributed by atoms with E-state index < -0.39 is 15.6 Å². The van der Waals surface area contributed by atoms with Crippen LogP contribution in [0.4, 0.5) is 0 Å². The molecule has 0 aliphatic heterocycles.